The number of nitrogens with zero attached hydrogens (tertiary/aromatic N) is 1. The normalized spacial score (nSPS) is 10.4. The van der Waals surface area contributed by atoms with Crippen molar-refractivity contribution in [3.63, 3.8) is 0 Å². The molecular formula is C12H9FN2O2. The minimum absolute atomic E-state index is 0.00538. The van der Waals surface area contributed by atoms with E-state index in [0.717, 1.165) is 5.56 Å². The summed E-state index contributed by atoms with van der Waals surface area (Å²) in [6.45, 7) is 0. The number of rotatable bonds is 3. The number of nitriles is 1. The van der Waals surface area contributed by atoms with Crippen LogP contribution in [0.15, 0.2) is 18.3 Å². The number of aromatic nitrogens is 1. The van der Waals surface area contributed by atoms with Crippen molar-refractivity contribution in [3.05, 3.63) is 35.3 Å². The standard InChI is InChI=1S/C12H9FN2O2/c13-10-4-9-7(1-2-12(16)17)6-15-11(9)3-8(10)5-14/h3-4,6,15H,1-2H2,(H,16,17). The maximum Gasteiger partial charge on any atom is 0.303 e. The molecular weight excluding hydrogens is 223 g/mol. The summed E-state index contributed by atoms with van der Waals surface area (Å²) in [5, 5.41) is 17.9. The van der Waals surface area contributed by atoms with Crippen molar-refractivity contribution in [3.8, 4) is 6.07 Å². The number of aliphatic carboxylic acids is 1. The number of carboxylic acids is 1. The van der Waals surface area contributed by atoms with Crippen LogP contribution >= 0.6 is 0 Å². The van der Waals surface area contributed by atoms with Crippen LogP contribution in [0.5, 0.6) is 0 Å². The number of aryl methyl sites for hydroxylation is 1. The first kappa shape index (κ1) is 11.1. The van der Waals surface area contributed by atoms with Crippen LogP contribution in [-0.2, 0) is 11.2 Å². The number of hydrogen-bond acceptors (Lipinski definition) is 2. The van der Waals surface area contributed by atoms with E-state index in [2.05, 4.69) is 4.98 Å². The lowest BCUT2D eigenvalue weighted by Gasteiger charge is -1.98. The Kier molecular flexibility index (Phi) is 2.79. The second kappa shape index (κ2) is 4.26. The molecule has 4 nitrogen and oxygen atoms in total. The number of benzene rings is 1. The van der Waals surface area contributed by atoms with E-state index in [1.807, 2.05) is 0 Å². The number of fused-ring (bicyclic) bond motifs is 1. The Bertz CT molecular complexity index is 625. The highest BCUT2D eigenvalue weighted by Gasteiger charge is 2.10. The first-order valence-corrected chi connectivity index (χ1v) is 5.03. The molecule has 0 aliphatic heterocycles. The van der Waals surface area contributed by atoms with Gasteiger partial charge in [0.25, 0.3) is 0 Å². The summed E-state index contributed by atoms with van der Waals surface area (Å²) in [4.78, 5) is 13.4. The number of aromatic amines is 1. The molecule has 0 fully saturated rings. The molecule has 5 heteroatoms. The van der Waals surface area contributed by atoms with Crippen LogP contribution in [0.1, 0.15) is 17.5 Å². The summed E-state index contributed by atoms with van der Waals surface area (Å²) in [5.41, 5.74) is 1.36. The van der Waals surface area contributed by atoms with Gasteiger partial charge in [-0.1, -0.05) is 0 Å². The number of carboxylic acid groups (broad SMARTS) is 1. The molecule has 0 aliphatic rings. The Morgan fingerprint density at radius 2 is 2.29 bits per heavy atom. The zero-order chi connectivity index (χ0) is 12.4. The van der Waals surface area contributed by atoms with Gasteiger partial charge in [-0.3, -0.25) is 4.79 Å². The molecule has 0 unspecified atom stereocenters. The lowest BCUT2D eigenvalue weighted by atomic mass is 10.1. The molecule has 0 spiro atoms. The minimum atomic E-state index is -0.895. The van der Waals surface area contributed by atoms with Gasteiger partial charge in [0, 0.05) is 23.5 Å². The highest BCUT2D eigenvalue weighted by Crippen LogP contribution is 2.22. The van der Waals surface area contributed by atoms with Crippen molar-refractivity contribution in [2.45, 2.75) is 12.8 Å². The van der Waals surface area contributed by atoms with Crippen molar-refractivity contribution >= 4 is 16.9 Å². The van der Waals surface area contributed by atoms with Crippen molar-refractivity contribution in [1.82, 2.24) is 4.98 Å². The van der Waals surface area contributed by atoms with Crippen LogP contribution in [0.25, 0.3) is 10.9 Å². The number of halogens is 1. The Balaban J connectivity index is 2.44. The molecule has 0 saturated heterocycles. The quantitative estimate of drug-likeness (QED) is 0.851. The molecule has 1 aromatic heterocycles. The number of nitrogens with one attached hydrogen (secondary N) is 1. The van der Waals surface area contributed by atoms with E-state index in [9.17, 15) is 9.18 Å². The predicted molar refractivity (Wildman–Crippen MR) is 58.9 cm³/mol. The summed E-state index contributed by atoms with van der Waals surface area (Å²) in [6.07, 6.45) is 1.98. The fraction of sp³-hybridized carbons (Fsp3) is 0.167. The second-order valence-corrected chi connectivity index (χ2v) is 3.70. The average Bonchev–Trinajstić information content (AvgIpc) is 2.67. The third kappa shape index (κ3) is 2.11. The van der Waals surface area contributed by atoms with Crippen molar-refractivity contribution in [2.24, 2.45) is 0 Å². The van der Waals surface area contributed by atoms with Crippen LogP contribution in [0.4, 0.5) is 4.39 Å². The average molecular weight is 232 g/mol. The van der Waals surface area contributed by atoms with Crippen LogP contribution in [-0.4, -0.2) is 16.1 Å². The molecule has 2 aromatic rings. The molecule has 1 aromatic carbocycles. The van der Waals surface area contributed by atoms with Crippen molar-refractivity contribution in [1.29, 1.82) is 5.26 Å². The predicted octanol–water partition coefficient (Wildman–Crippen LogP) is 2.20. The van der Waals surface area contributed by atoms with Crippen LogP contribution in [0, 0.1) is 17.1 Å². The monoisotopic (exact) mass is 232 g/mol. The van der Waals surface area contributed by atoms with Crippen LogP contribution in [0.2, 0.25) is 0 Å². The smallest absolute Gasteiger partial charge is 0.303 e. The van der Waals surface area contributed by atoms with Crippen LogP contribution in [0.3, 0.4) is 0 Å². The highest BCUT2D eigenvalue weighted by molar-refractivity contribution is 5.85. The Hall–Kier alpha value is -2.35. The number of H-pyrrole nitrogens is 1. The topological polar surface area (TPSA) is 76.9 Å². The molecule has 86 valence electrons. The third-order valence-corrected chi connectivity index (χ3v) is 2.58. The summed E-state index contributed by atoms with van der Waals surface area (Å²) in [5.74, 6) is -1.48. The van der Waals surface area contributed by atoms with Gasteiger partial charge in [-0.2, -0.15) is 5.26 Å². The first-order chi connectivity index (χ1) is 8.11. The summed E-state index contributed by atoms with van der Waals surface area (Å²) in [7, 11) is 0. The van der Waals surface area contributed by atoms with Gasteiger partial charge in [0.2, 0.25) is 0 Å². The SMILES string of the molecule is N#Cc1cc2[nH]cc(CCC(=O)O)c2cc1F. The van der Waals surface area contributed by atoms with Gasteiger partial charge in [0.05, 0.1) is 5.56 Å². The number of hydrogen-bond donors (Lipinski definition) is 2. The zero-order valence-electron chi connectivity index (χ0n) is 8.83. The van der Waals surface area contributed by atoms with E-state index in [-0.39, 0.29) is 12.0 Å². The fourth-order valence-corrected chi connectivity index (χ4v) is 1.74. The molecule has 0 amide bonds. The Morgan fingerprint density at radius 3 is 2.94 bits per heavy atom. The molecule has 2 rings (SSSR count). The van der Waals surface area contributed by atoms with E-state index < -0.39 is 11.8 Å². The van der Waals surface area contributed by atoms with E-state index in [0.29, 0.717) is 17.3 Å². The summed E-state index contributed by atoms with van der Waals surface area (Å²) >= 11 is 0. The highest BCUT2D eigenvalue weighted by atomic mass is 19.1. The van der Waals surface area contributed by atoms with Gasteiger partial charge in [-0.25, -0.2) is 4.39 Å². The first-order valence-electron chi connectivity index (χ1n) is 5.03. The Labute approximate surface area is 96.3 Å². The van der Waals surface area contributed by atoms with Gasteiger partial charge in [-0.05, 0) is 24.1 Å². The maximum absolute atomic E-state index is 13.4. The van der Waals surface area contributed by atoms with E-state index >= 15 is 0 Å². The molecule has 0 bridgehead atoms. The van der Waals surface area contributed by atoms with Gasteiger partial charge >= 0.3 is 5.97 Å². The van der Waals surface area contributed by atoms with Gasteiger partial charge in [-0.15, -0.1) is 0 Å². The molecule has 0 radical (unpaired) electrons. The van der Waals surface area contributed by atoms with E-state index in [1.54, 1.807) is 12.3 Å². The molecule has 1 heterocycles. The molecule has 2 N–H and O–H groups in total. The van der Waals surface area contributed by atoms with Crippen molar-refractivity contribution in [2.75, 3.05) is 0 Å². The van der Waals surface area contributed by atoms with Crippen LogP contribution < -0.4 is 0 Å². The minimum Gasteiger partial charge on any atom is -0.481 e. The Morgan fingerprint density at radius 1 is 1.53 bits per heavy atom. The van der Waals surface area contributed by atoms with E-state index in [1.165, 1.54) is 12.1 Å². The fourth-order valence-electron chi connectivity index (χ4n) is 1.74. The molecule has 0 aliphatic carbocycles. The lowest BCUT2D eigenvalue weighted by Crippen LogP contribution is -1.96. The van der Waals surface area contributed by atoms with Gasteiger partial charge < -0.3 is 10.1 Å². The summed E-state index contributed by atoms with van der Waals surface area (Å²) < 4.78 is 13.4. The molecule has 17 heavy (non-hydrogen) atoms. The third-order valence-electron chi connectivity index (χ3n) is 2.58. The maximum atomic E-state index is 13.4. The largest absolute Gasteiger partial charge is 0.481 e. The number of carbonyl (C=O) groups is 1. The van der Waals surface area contributed by atoms with Gasteiger partial charge in [0.15, 0.2) is 0 Å². The lowest BCUT2D eigenvalue weighted by molar-refractivity contribution is -0.136. The van der Waals surface area contributed by atoms with Crippen molar-refractivity contribution < 1.29 is 14.3 Å². The molecule has 0 atom stereocenters. The van der Waals surface area contributed by atoms with Gasteiger partial charge in [0.1, 0.15) is 11.9 Å². The zero-order valence-corrected chi connectivity index (χ0v) is 8.83. The molecule has 0 saturated carbocycles. The summed E-state index contributed by atoms with van der Waals surface area (Å²) in [6, 6.07) is 4.45. The second-order valence-electron chi connectivity index (χ2n) is 3.70. The van der Waals surface area contributed by atoms with E-state index in [4.69, 9.17) is 10.4 Å².